The van der Waals surface area contributed by atoms with E-state index in [1.807, 2.05) is 10.9 Å². The van der Waals surface area contributed by atoms with Crippen molar-refractivity contribution in [1.29, 1.82) is 0 Å². The first-order valence-corrected chi connectivity index (χ1v) is 11.9. The Kier molecular flexibility index (Phi) is 4.54. The largest absolute Gasteiger partial charge is 0.388 e. The molecule has 3 nitrogen and oxygen atoms in total. The highest BCUT2D eigenvalue weighted by Crippen LogP contribution is 2.67. The average Bonchev–Trinajstić information content (AvgIpc) is 3.25. The number of aryl methyl sites for hydroxylation is 1. The molecule has 0 bridgehead atoms. The summed E-state index contributed by atoms with van der Waals surface area (Å²) < 4.78 is 1.98. The summed E-state index contributed by atoms with van der Waals surface area (Å²) in [6.07, 6.45) is 18.3. The van der Waals surface area contributed by atoms with Crippen molar-refractivity contribution in [2.75, 3.05) is 0 Å². The Balaban J connectivity index is 1.44. The summed E-state index contributed by atoms with van der Waals surface area (Å²) in [5.41, 5.74) is 3.06. The molecular weight excluding hydrogens is 344 g/mol. The van der Waals surface area contributed by atoms with E-state index < -0.39 is 0 Å². The minimum atomic E-state index is -0.277. The van der Waals surface area contributed by atoms with Crippen LogP contribution in [0.3, 0.4) is 0 Å². The molecule has 4 aliphatic rings. The topological polar surface area (TPSA) is 38.0 Å². The second-order valence-corrected chi connectivity index (χ2v) is 10.9. The number of aliphatic hydroxyl groups excluding tert-OH is 1. The van der Waals surface area contributed by atoms with Crippen LogP contribution in [-0.4, -0.2) is 21.0 Å². The van der Waals surface area contributed by atoms with Gasteiger partial charge in [-0.3, -0.25) is 4.68 Å². The van der Waals surface area contributed by atoms with Gasteiger partial charge in [-0.25, -0.2) is 0 Å². The molecule has 0 aromatic carbocycles. The van der Waals surface area contributed by atoms with Crippen molar-refractivity contribution in [3.05, 3.63) is 23.5 Å². The summed E-state index contributed by atoms with van der Waals surface area (Å²) in [6.45, 7) is 8.05. The molecule has 1 heterocycles. The smallest absolute Gasteiger partial charge is 0.0809 e. The summed E-state index contributed by atoms with van der Waals surface area (Å²) in [7, 11) is 0. The van der Waals surface area contributed by atoms with Gasteiger partial charge in [0, 0.05) is 23.7 Å². The van der Waals surface area contributed by atoms with Gasteiger partial charge < -0.3 is 5.11 Å². The standard InChI is InChI=1S/C25H38N2O/c1-4-27-16-17(15-26-27)13-18-14-22-20-9-8-19-7-5-6-11-24(19,2)21(20)10-12-25(22,3)23(18)28/h13,15-16,19-23,28H,4-12,14H2,1-3H3/b18-13+/t19-,20+,21-,22-,23+,24-,25-/m0/s1. The van der Waals surface area contributed by atoms with Gasteiger partial charge in [0.15, 0.2) is 0 Å². The Morgan fingerprint density at radius 3 is 2.75 bits per heavy atom. The van der Waals surface area contributed by atoms with Crippen molar-refractivity contribution >= 4 is 6.08 Å². The Hall–Kier alpha value is -1.09. The molecule has 4 aliphatic carbocycles. The minimum Gasteiger partial charge on any atom is -0.388 e. The number of aromatic nitrogens is 2. The minimum absolute atomic E-state index is 0.0750. The van der Waals surface area contributed by atoms with E-state index in [2.05, 4.69) is 38.1 Å². The van der Waals surface area contributed by atoms with Gasteiger partial charge in [0.25, 0.3) is 0 Å². The maximum Gasteiger partial charge on any atom is 0.0809 e. The van der Waals surface area contributed by atoms with Crippen molar-refractivity contribution < 1.29 is 5.11 Å². The third kappa shape index (κ3) is 2.68. The molecule has 1 aromatic heterocycles. The zero-order valence-electron chi connectivity index (χ0n) is 18.0. The number of fused-ring (bicyclic) bond motifs is 5. The van der Waals surface area contributed by atoms with Crippen molar-refractivity contribution in [1.82, 2.24) is 9.78 Å². The quantitative estimate of drug-likeness (QED) is 0.713. The predicted molar refractivity (Wildman–Crippen MR) is 114 cm³/mol. The molecule has 0 unspecified atom stereocenters. The summed E-state index contributed by atoms with van der Waals surface area (Å²) in [4.78, 5) is 0. The molecule has 0 aliphatic heterocycles. The Morgan fingerprint density at radius 2 is 1.96 bits per heavy atom. The van der Waals surface area contributed by atoms with E-state index >= 15 is 0 Å². The van der Waals surface area contributed by atoms with Gasteiger partial charge in [0.1, 0.15) is 0 Å². The molecule has 7 atom stereocenters. The fourth-order valence-corrected chi connectivity index (χ4v) is 8.14. The molecule has 154 valence electrons. The van der Waals surface area contributed by atoms with Crippen molar-refractivity contribution in [3.63, 3.8) is 0 Å². The lowest BCUT2D eigenvalue weighted by Gasteiger charge is -2.60. The van der Waals surface area contributed by atoms with Gasteiger partial charge >= 0.3 is 0 Å². The molecular formula is C25H38N2O. The maximum absolute atomic E-state index is 11.4. The van der Waals surface area contributed by atoms with E-state index in [-0.39, 0.29) is 11.5 Å². The molecule has 4 fully saturated rings. The van der Waals surface area contributed by atoms with Gasteiger partial charge in [-0.2, -0.15) is 5.10 Å². The van der Waals surface area contributed by atoms with Crippen LogP contribution in [0.25, 0.3) is 6.08 Å². The van der Waals surface area contributed by atoms with E-state index in [1.165, 1.54) is 56.9 Å². The Bertz CT molecular complexity index is 766. The van der Waals surface area contributed by atoms with Crippen LogP contribution in [0, 0.1) is 34.5 Å². The highest BCUT2D eigenvalue weighted by molar-refractivity contribution is 5.54. The monoisotopic (exact) mass is 382 g/mol. The van der Waals surface area contributed by atoms with Crippen LogP contribution in [0.4, 0.5) is 0 Å². The van der Waals surface area contributed by atoms with Crippen LogP contribution in [0.1, 0.15) is 84.1 Å². The summed E-state index contributed by atoms with van der Waals surface area (Å²) in [6, 6.07) is 0. The van der Waals surface area contributed by atoms with Crippen molar-refractivity contribution in [3.8, 4) is 0 Å². The molecule has 4 saturated carbocycles. The van der Waals surface area contributed by atoms with Gasteiger partial charge in [-0.1, -0.05) is 32.8 Å². The average molecular weight is 383 g/mol. The van der Waals surface area contributed by atoms with Crippen LogP contribution < -0.4 is 0 Å². The van der Waals surface area contributed by atoms with E-state index in [4.69, 9.17) is 0 Å². The Labute approximate surface area is 170 Å². The maximum atomic E-state index is 11.4. The van der Waals surface area contributed by atoms with E-state index in [1.54, 1.807) is 0 Å². The fourth-order valence-electron chi connectivity index (χ4n) is 8.14. The second kappa shape index (κ2) is 6.72. The van der Waals surface area contributed by atoms with E-state index in [0.717, 1.165) is 36.3 Å². The summed E-state index contributed by atoms with van der Waals surface area (Å²) in [5, 5.41) is 15.8. The molecule has 0 radical (unpaired) electrons. The van der Waals surface area contributed by atoms with Crippen LogP contribution in [-0.2, 0) is 6.54 Å². The third-order valence-electron chi connectivity index (χ3n) is 9.78. The number of nitrogens with zero attached hydrogens (tertiary/aromatic N) is 2. The van der Waals surface area contributed by atoms with E-state index in [9.17, 15) is 5.11 Å². The number of rotatable bonds is 2. The van der Waals surface area contributed by atoms with Gasteiger partial charge in [-0.15, -0.1) is 0 Å². The first kappa shape index (κ1) is 18.9. The van der Waals surface area contributed by atoms with Crippen molar-refractivity contribution in [2.45, 2.75) is 91.2 Å². The van der Waals surface area contributed by atoms with E-state index in [0.29, 0.717) is 11.3 Å². The lowest BCUT2D eigenvalue weighted by molar-refractivity contribution is -0.119. The second-order valence-electron chi connectivity index (χ2n) is 10.9. The zero-order valence-corrected chi connectivity index (χ0v) is 18.0. The van der Waals surface area contributed by atoms with Crippen LogP contribution in [0.5, 0.6) is 0 Å². The molecule has 0 amide bonds. The number of hydrogen-bond acceptors (Lipinski definition) is 2. The molecule has 0 saturated heterocycles. The van der Waals surface area contributed by atoms with Gasteiger partial charge in [0.2, 0.25) is 0 Å². The molecule has 1 N–H and O–H groups in total. The molecule has 1 aromatic rings. The van der Waals surface area contributed by atoms with Crippen LogP contribution in [0.2, 0.25) is 0 Å². The molecule has 5 rings (SSSR count). The Morgan fingerprint density at radius 1 is 1.11 bits per heavy atom. The number of hydrogen-bond donors (Lipinski definition) is 1. The first-order chi connectivity index (χ1) is 13.5. The SMILES string of the molecule is CCn1cc(/C=C2\C[C@H]3[C@@H]4CC[C@@H]5CCCC[C@]5(C)[C@H]4CC[C@]3(C)[C@@H]2O)cn1. The normalized spacial score (nSPS) is 46.9. The van der Waals surface area contributed by atoms with Gasteiger partial charge in [0.05, 0.1) is 12.3 Å². The van der Waals surface area contributed by atoms with Gasteiger partial charge in [-0.05, 0) is 86.5 Å². The highest BCUT2D eigenvalue weighted by atomic mass is 16.3. The fraction of sp³-hybridized carbons (Fsp3) is 0.800. The third-order valence-corrected chi connectivity index (χ3v) is 9.78. The lowest BCUT2D eigenvalue weighted by atomic mass is 9.45. The predicted octanol–water partition coefficient (Wildman–Crippen LogP) is 5.69. The van der Waals surface area contributed by atoms with Crippen molar-refractivity contribution in [2.24, 2.45) is 34.5 Å². The molecule has 28 heavy (non-hydrogen) atoms. The summed E-state index contributed by atoms with van der Waals surface area (Å²) >= 11 is 0. The molecule has 0 spiro atoms. The van der Waals surface area contributed by atoms with Crippen LogP contribution >= 0.6 is 0 Å². The number of aliphatic hydroxyl groups is 1. The first-order valence-electron chi connectivity index (χ1n) is 11.9. The highest BCUT2D eigenvalue weighted by Gasteiger charge is 2.60. The zero-order chi connectivity index (χ0) is 19.5. The van der Waals surface area contributed by atoms with Crippen LogP contribution in [0.15, 0.2) is 18.0 Å². The lowest BCUT2D eigenvalue weighted by Crippen LogP contribution is -2.53. The summed E-state index contributed by atoms with van der Waals surface area (Å²) in [5.74, 6) is 3.33. The molecule has 3 heteroatoms.